The molecule has 0 saturated carbocycles. The summed E-state index contributed by atoms with van der Waals surface area (Å²) < 4.78 is 5.02. The van der Waals surface area contributed by atoms with Gasteiger partial charge in [0.1, 0.15) is 0 Å². The monoisotopic (exact) mass is 238 g/mol. The number of methoxy groups -OCH3 is 1. The minimum absolute atomic E-state index is 0. The number of hydrogen-bond donors (Lipinski definition) is 0. The molecule has 54 valence electrons. The Labute approximate surface area is 122 Å². The van der Waals surface area contributed by atoms with Gasteiger partial charge in [-0.2, -0.15) is 0 Å². The molecule has 0 aliphatic heterocycles. The van der Waals surface area contributed by atoms with Crippen molar-refractivity contribution in [3.05, 3.63) is 23.8 Å². The quantitative estimate of drug-likeness (QED) is 0.576. The average molecular weight is 239 g/mol. The van der Waals surface area contributed by atoms with Crippen LogP contribution in [0.2, 0.25) is 0 Å². The van der Waals surface area contributed by atoms with Crippen LogP contribution < -0.4 is 62.9 Å². The summed E-state index contributed by atoms with van der Waals surface area (Å²) in [5, 5.41) is 0. The number of aryl methyl sites for hydroxylation is 1. The van der Waals surface area contributed by atoms with Crippen molar-refractivity contribution < 1.29 is 62.9 Å². The van der Waals surface area contributed by atoms with Crippen LogP contribution in [-0.2, 0) is 12.6 Å². The molecule has 1 aromatic carbocycles. The zero-order valence-corrected chi connectivity index (χ0v) is 12.8. The summed E-state index contributed by atoms with van der Waals surface area (Å²) in [5.41, 5.74) is 1.17. The first-order valence-electron chi connectivity index (χ1n) is 3.05. The summed E-state index contributed by atoms with van der Waals surface area (Å²) in [6.07, 6.45) is 0. The maximum absolute atomic E-state index is 5.02. The molecule has 0 atom stereocenters. The fourth-order valence-electron chi connectivity index (χ4n) is 0.775. The Morgan fingerprint density at radius 3 is 2.45 bits per heavy atom. The van der Waals surface area contributed by atoms with Gasteiger partial charge in [-0.05, 0) is 18.6 Å². The van der Waals surface area contributed by atoms with Crippen molar-refractivity contribution in [2.75, 3.05) is 7.11 Å². The first-order valence-corrected chi connectivity index (χ1v) is 3.46. The molecule has 1 rings (SSSR count). The zero-order valence-electron chi connectivity index (χ0n) is 7.05. The molecule has 0 aromatic heterocycles. The third-order valence-electron chi connectivity index (χ3n) is 1.32. The molecule has 0 aliphatic carbocycles. The van der Waals surface area contributed by atoms with Crippen LogP contribution in [0.1, 0.15) is 5.56 Å². The van der Waals surface area contributed by atoms with Crippen molar-refractivity contribution in [3.63, 3.8) is 0 Å². The SMILES string of the molecule is COc1cc(C)ccc1[S-].[Rb+]. The van der Waals surface area contributed by atoms with Gasteiger partial charge in [0.15, 0.2) is 0 Å². The number of ether oxygens (including phenoxy) is 1. The van der Waals surface area contributed by atoms with E-state index in [0.717, 1.165) is 10.6 Å². The number of hydrogen-bond acceptors (Lipinski definition) is 2. The topological polar surface area (TPSA) is 9.23 Å². The Morgan fingerprint density at radius 1 is 1.36 bits per heavy atom. The molecule has 0 saturated heterocycles. The van der Waals surface area contributed by atoms with E-state index in [1.165, 1.54) is 5.56 Å². The van der Waals surface area contributed by atoms with Crippen LogP contribution in [0, 0.1) is 6.92 Å². The maximum atomic E-state index is 5.02. The van der Waals surface area contributed by atoms with Gasteiger partial charge in [-0.15, -0.1) is 4.90 Å². The third-order valence-corrected chi connectivity index (χ3v) is 1.66. The molecule has 0 fully saturated rings. The Bertz CT molecular complexity index is 238. The Hall–Kier alpha value is 1.05. The fraction of sp³-hybridized carbons (Fsp3) is 0.250. The van der Waals surface area contributed by atoms with Crippen molar-refractivity contribution in [3.8, 4) is 5.75 Å². The Kier molecular flexibility index (Phi) is 6.19. The summed E-state index contributed by atoms with van der Waals surface area (Å²) in [6.45, 7) is 2.01. The predicted molar refractivity (Wildman–Crippen MR) is 43.4 cm³/mol. The van der Waals surface area contributed by atoms with Gasteiger partial charge in [0.25, 0.3) is 0 Å². The second kappa shape index (κ2) is 5.65. The first-order chi connectivity index (χ1) is 4.74. The van der Waals surface area contributed by atoms with Crippen LogP contribution in [-0.4, -0.2) is 7.11 Å². The first kappa shape index (κ1) is 12.0. The van der Waals surface area contributed by atoms with Crippen LogP contribution in [0.3, 0.4) is 0 Å². The molecular formula is C8H9ORbS. The second-order valence-corrected chi connectivity index (χ2v) is 2.59. The predicted octanol–water partition coefficient (Wildman–Crippen LogP) is -1.09. The molecule has 0 aliphatic rings. The van der Waals surface area contributed by atoms with Crippen LogP contribution in [0.5, 0.6) is 5.75 Å². The molecular weight excluding hydrogens is 230 g/mol. The smallest absolute Gasteiger partial charge is 0.776 e. The third kappa shape index (κ3) is 3.51. The maximum Gasteiger partial charge on any atom is 1.00 e. The minimum atomic E-state index is 0. The molecule has 0 radical (unpaired) electrons. The van der Waals surface area contributed by atoms with Gasteiger partial charge in [0, 0.05) is 0 Å². The average Bonchev–Trinajstić information content (AvgIpc) is 1.94. The van der Waals surface area contributed by atoms with Gasteiger partial charge in [-0.1, -0.05) is 12.1 Å². The van der Waals surface area contributed by atoms with Crippen molar-refractivity contribution in [2.45, 2.75) is 11.8 Å². The van der Waals surface area contributed by atoms with Gasteiger partial charge < -0.3 is 17.4 Å². The van der Waals surface area contributed by atoms with E-state index in [4.69, 9.17) is 17.4 Å². The summed E-state index contributed by atoms with van der Waals surface area (Å²) in [7, 11) is 1.63. The summed E-state index contributed by atoms with van der Waals surface area (Å²) >= 11 is 4.99. The molecule has 1 aromatic rings. The number of benzene rings is 1. The molecule has 3 heteroatoms. The Morgan fingerprint density at radius 2 is 2.00 bits per heavy atom. The van der Waals surface area contributed by atoms with E-state index in [0.29, 0.717) is 0 Å². The van der Waals surface area contributed by atoms with E-state index in [2.05, 4.69) is 0 Å². The summed E-state index contributed by atoms with van der Waals surface area (Å²) in [4.78, 5) is 0.771. The van der Waals surface area contributed by atoms with Gasteiger partial charge in [-0.25, -0.2) is 0 Å². The molecule has 11 heavy (non-hydrogen) atoms. The molecule has 1 nitrogen and oxygen atoms in total. The van der Waals surface area contributed by atoms with Crippen molar-refractivity contribution >= 4 is 12.6 Å². The summed E-state index contributed by atoms with van der Waals surface area (Å²) in [6, 6.07) is 5.79. The van der Waals surface area contributed by atoms with Gasteiger partial charge in [0.05, 0.1) is 12.9 Å². The Balaban J connectivity index is 0.000001000. The summed E-state index contributed by atoms with van der Waals surface area (Å²) in [5.74, 6) is 0.787. The fourth-order valence-corrected chi connectivity index (χ4v) is 0.985. The van der Waals surface area contributed by atoms with Crippen molar-refractivity contribution in [1.29, 1.82) is 0 Å². The molecule has 0 amide bonds. The van der Waals surface area contributed by atoms with E-state index in [9.17, 15) is 0 Å². The van der Waals surface area contributed by atoms with E-state index >= 15 is 0 Å². The molecule has 0 heterocycles. The van der Waals surface area contributed by atoms with Crippen molar-refractivity contribution in [2.24, 2.45) is 0 Å². The van der Waals surface area contributed by atoms with Gasteiger partial charge in [-0.3, -0.25) is 0 Å². The largest absolute Gasteiger partial charge is 1.00 e. The second-order valence-electron chi connectivity index (χ2n) is 2.15. The van der Waals surface area contributed by atoms with Crippen LogP contribution >= 0.6 is 0 Å². The van der Waals surface area contributed by atoms with E-state index in [-0.39, 0.29) is 58.2 Å². The molecule has 0 bridgehead atoms. The number of rotatable bonds is 1. The normalized spacial score (nSPS) is 8.55. The standard InChI is InChI=1S/C8H10OS.Rb/c1-6-3-4-8(10)7(5-6)9-2;/h3-5,10H,1-2H3;/q;+1/p-1. The van der Waals surface area contributed by atoms with E-state index in [1.54, 1.807) is 7.11 Å². The molecule has 0 unspecified atom stereocenters. The van der Waals surface area contributed by atoms with Crippen LogP contribution in [0.4, 0.5) is 0 Å². The molecule has 0 spiro atoms. The van der Waals surface area contributed by atoms with E-state index < -0.39 is 0 Å². The minimum Gasteiger partial charge on any atom is -0.776 e. The van der Waals surface area contributed by atoms with E-state index in [1.807, 2.05) is 25.1 Å². The van der Waals surface area contributed by atoms with Crippen LogP contribution in [0.25, 0.3) is 0 Å². The molecule has 0 N–H and O–H groups in total. The van der Waals surface area contributed by atoms with Gasteiger partial charge in [0.2, 0.25) is 0 Å². The zero-order chi connectivity index (χ0) is 7.56. The van der Waals surface area contributed by atoms with Gasteiger partial charge >= 0.3 is 58.2 Å². The van der Waals surface area contributed by atoms with Crippen LogP contribution in [0.15, 0.2) is 23.1 Å². The van der Waals surface area contributed by atoms with Crippen molar-refractivity contribution in [1.82, 2.24) is 0 Å².